The SMILES string of the molecule is C[C@H]1OCCN(C(=O)[C@@]23CC[C@@](C)(C(=O)O2)C3(C)C)[C@@H]1C(N)=O. The van der Waals surface area contributed by atoms with Crippen molar-refractivity contribution in [2.24, 2.45) is 16.6 Å². The van der Waals surface area contributed by atoms with Gasteiger partial charge in [0.15, 0.2) is 5.60 Å². The van der Waals surface area contributed by atoms with E-state index in [2.05, 4.69) is 0 Å². The first-order chi connectivity index (χ1) is 10.6. The second-order valence-corrected chi connectivity index (χ2v) is 7.60. The first-order valence-corrected chi connectivity index (χ1v) is 8.04. The monoisotopic (exact) mass is 324 g/mol. The summed E-state index contributed by atoms with van der Waals surface area (Å²) in [6, 6.07) is -0.840. The summed E-state index contributed by atoms with van der Waals surface area (Å²) in [7, 11) is 0. The number of esters is 1. The third kappa shape index (κ3) is 1.77. The lowest BCUT2D eigenvalue weighted by Gasteiger charge is -2.44. The molecule has 4 atom stereocenters. The van der Waals surface area contributed by atoms with Crippen molar-refractivity contribution >= 4 is 17.8 Å². The molecule has 2 saturated heterocycles. The number of nitrogens with zero attached hydrogens (tertiary/aromatic N) is 1. The van der Waals surface area contributed by atoms with Crippen molar-refractivity contribution in [3.8, 4) is 0 Å². The normalized spacial score (nSPS) is 41.7. The van der Waals surface area contributed by atoms with Crippen LogP contribution >= 0.6 is 0 Å². The molecule has 1 saturated carbocycles. The maximum absolute atomic E-state index is 13.3. The van der Waals surface area contributed by atoms with Crippen LogP contribution in [0.15, 0.2) is 0 Å². The molecule has 0 aromatic rings. The number of nitrogens with two attached hydrogens (primary N) is 1. The molecule has 3 rings (SSSR count). The zero-order valence-corrected chi connectivity index (χ0v) is 14.0. The molecule has 2 bridgehead atoms. The van der Waals surface area contributed by atoms with Crippen molar-refractivity contribution in [3.63, 3.8) is 0 Å². The molecule has 128 valence electrons. The standard InChI is InChI=1S/C16H24N2O5/c1-9-10(11(17)19)18(7-8-22-9)12(20)16-6-5-15(4,13(21)23-16)14(16,2)3/h9-10H,5-8H2,1-4H3,(H2,17,19)/t9-,10+,15+,16-/m1/s1. The number of carbonyl (C=O) groups is 3. The average molecular weight is 324 g/mol. The van der Waals surface area contributed by atoms with E-state index >= 15 is 0 Å². The van der Waals surface area contributed by atoms with E-state index in [4.69, 9.17) is 15.2 Å². The molecule has 1 aliphatic carbocycles. The van der Waals surface area contributed by atoms with Gasteiger partial charge in [-0.25, -0.2) is 0 Å². The van der Waals surface area contributed by atoms with Gasteiger partial charge in [0.25, 0.3) is 5.91 Å². The van der Waals surface area contributed by atoms with E-state index in [0.29, 0.717) is 19.4 Å². The smallest absolute Gasteiger partial charge is 0.313 e. The Hall–Kier alpha value is -1.63. The maximum Gasteiger partial charge on any atom is 0.313 e. The number of amides is 2. The Morgan fingerprint density at radius 3 is 2.39 bits per heavy atom. The largest absolute Gasteiger partial charge is 0.448 e. The van der Waals surface area contributed by atoms with Crippen molar-refractivity contribution in [1.29, 1.82) is 0 Å². The first kappa shape index (κ1) is 16.2. The Labute approximate surface area is 135 Å². The molecule has 0 spiro atoms. The molecule has 2 amide bonds. The van der Waals surface area contributed by atoms with E-state index in [-0.39, 0.29) is 18.4 Å². The molecule has 0 aromatic heterocycles. The molecular weight excluding hydrogens is 300 g/mol. The quantitative estimate of drug-likeness (QED) is 0.732. The Morgan fingerprint density at radius 1 is 1.26 bits per heavy atom. The lowest BCUT2D eigenvalue weighted by molar-refractivity contribution is -0.182. The van der Waals surface area contributed by atoms with Gasteiger partial charge in [0, 0.05) is 12.0 Å². The van der Waals surface area contributed by atoms with E-state index in [1.165, 1.54) is 4.90 Å². The van der Waals surface area contributed by atoms with Crippen LogP contribution in [0.1, 0.15) is 40.5 Å². The van der Waals surface area contributed by atoms with Crippen LogP contribution in [-0.2, 0) is 23.9 Å². The third-order valence-electron chi connectivity index (χ3n) is 6.47. The van der Waals surface area contributed by atoms with Crippen LogP contribution < -0.4 is 5.73 Å². The van der Waals surface area contributed by atoms with E-state index in [0.717, 1.165) is 0 Å². The van der Waals surface area contributed by atoms with Crippen molar-refractivity contribution in [2.45, 2.75) is 58.3 Å². The first-order valence-electron chi connectivity index (χ1n) is 8.04. The van der Waals surface area contributed by atoms with Gasteiger partial charge in [0.05, 0.1) is 18.1 Å². The Bertz CT molecular complexity index is 589. The highest BCUT2D eigenvalue weighted by atomic mass is 16.6. The van der Waals surface area contributed by atoms with E-state index in [1.54, 1.807) is 6.92 Å². The van der Waals surface area contributed by atoms with Gasteiger partial charge in [-0.05, 0) is 26.7 Å². The summed E-state index contributed by atoms with van der Waals surface area (Å²) < 4.78 is 11.1. The van der Waals surface area contributed by atoms with Crippen LogP contribution in [0.3, 0.4) is 0 Å². The molecule has 2 aliphatic heterocycles. The van der Waals surface area contributed by atoms with Gasteiger partial charge < -0.3 is 20.1 Å². The number of hydrogen-bond acceptors (Lipinski definition) is 5. The number of morpholine rings is 1. The second kappa shape index (κ2) is 4.69. The van der Waals surface area contributed by atoms with Gasteiger partial charge >= 0.3 is 5.97 Å². The van der Waals surface area contributed by atoms with Gasteiger partial charge in [0.2, 0.25) is 5.91 Å². The van der Waals surface area contributed by atoms with Crippen LogP contribution in [0, 0.1) is 10.8 Å². The molecule has 7 heteroatoms. The third-order valence-corrected chi connectivity index (χ3v) is 6.47. The van der Waals surface area contributed by atoms with Crippen LogP contribution in [0.5, 0.6) is 0 Å². The summed E-state index contributed by atoms with van der Waals surface area (Å²) in [6.07, 6.45) is 0.596. The summed E-state index contributed by atoms with van der Waals surface area (Å²) in [5.41, 5.74) is 2.94. The topological polar surface area (TPSA) is 98.9 Å². The minimum absolute atomic E-state index is 0.267. The van der Waals surface area contributed by atoms with Crippen molar-refractivity contribution in [3.05, 3.63) is 0 Å². The zero-order valence-electron chi connectivity index (χ0n) is 14.0. The van der Waals surface area contributed by atoms with Crippen LogP contribution in [0.25, 0.3) is 0 Å². The highest BCUT2D eigenvalue weighted by molar-refractivity contribution is 5.98. The molecule has 2 heterocycles. The Kier molecular flexibility index (Phi) is 3.31. The van der Waals surface area contributed by atoms with Crippen LogP contribution in [0.2, 0.25) is 0 Å². The predicted molar refractivity (Wildman–Crippen MR) is 80.1 cm³/mol. The Morgan fingerprint density at radius 2 is 1.91 bits per heavy atom. The number of primary amides is 1. The number of carbonyl (C=O) groups excluding carboxylic acids is 3. The zero-order chi connectivity index (χ0) is 17.2. The maximum atomic E-state index is 13.3. The van der Waals surface area contributed by atoms with Crippen molar-refractivity contribution in [2.75, 3.05) is 13.2 Å². The summed E-state index contributed by atoms with van der Waals surface area (Å²) in [6.45, 7) is 7.96. The van der Waals surface area contributed by atoms with Gasteiger partial charge in [0.1, 0.15) is 6.04 Å². The molecule has 0 unspecified atom stereocenters. The number of ether oxygens (including phenoxy) is 2. The van der Waals surface area contributed by atoms with Crippen LogP contribution in [0.4, 0.5) is 0 Å². The summed E-state index contributed by atoms with van der Waals surface area (Å²) in [5, 5.41) is 0. The highest BCUT2D eigenvalue weighted by Crippen LogP contribution is 2.66. The minimum Gasteiger partial charge on any atom is -0.448 e. The lowest BCUT2D eigenvalue weighted by atomic mass is 9.66. The van der Waals surface area contributed by atoms with Gasteiger partial charge in [-0.1, -0.05) is 13.8 Å². The number of fused-ring (bicyclic) bond motifs is 2. The minimum atomic E-state index is -1.22. The fraction of sp³-hybridized carbons (Fsp3) is 0.812. The van der Waals surface area contributed by atoms with Gasteiger partial charge in [-0.15, -0.1) is 0 Å². The van der Waals surface area contributed by atoms with Gasteiger partial charge in [-0.2, -0.15) is 0 Å². The molecule has 0 aromatic carbocycles. The van der Waals surface area contributed by atoms with Crippen molar-refractivity contribution < 1.29 is 23.9 Å². The molecule has 3 aliphatic rings. The van der Waals surface area contributed by atoms with E-state index < -0.39 is 34.5 Å². The molecular formula is C16H24N2O5. The average Bonchev–Trinajstić information content (AvgIpc) is 2.76. The van der Waals surface area contributed by atoms with Crippen LogP contribution in [-0.4, -0.2) is 53.6 Å². The fourth-order valence-electron chi connectivity index (χ4n) is 4.39. The summed E-state index contributed by atoms with van der Waals surface area (Å²) in [4.78, 5) is 38.9. The lowest BCUT2D eigenvalue weighted by Crippen LogP contribution is -2.64. The van der Waals surface area contributed by atoms with Gasteiger partial charge in [-0.3, -0.25) is 14.4 Å². The molecule has 0 radical (unpaired) electrons. The fourth-order valence-corrected chi connectivity index (χ4v) is 4.39. The summed E-state index contributed by atoms with van der Waals surface area (Å²) in [5.74, 6) is -1.26. The Balaban J connectivity index is 2.00. The predicted octanol–water partition coefficient (Wildman–Crippen LogP) is 0.210. The molecule has 7 nitrogen and oxygen atoms in total. The second-order valence-electron chi connectivity index (χ2n) is 7.60. The van der Waals surface area contributed by atoms with E-state index in [1.807, 2.05) is 20.8 Å². The number of hydrogen-bond donors (Lipinski definition) is 1. The molecule has 2 N–H and O–H groups in total. The molecule has 23 heavy (non-hydrogen) atoms. The number of rotatable bonds is 2. The summed E-state index contributed by atoms with van der Waals surface area (Å²) >= 11 is 0. The van der Waals surface area contributed by atoms with E-state index in [9.17, 15) is 14.4 Å². The highest BCUT2D eigenvalue weighted by Gasteiger charge is 2.76. The van der Waals surface area contributed by atoms with Crippen molar-refractivity contribution in [1.82, 2.24) is 4.90 Å². The molecule has 3 fully saturated rings.